The van der Waals surface area contributed by atoms with Gasteiger partial charge < -0.3 is 10.2 Å². The third-order valence-electron chi connectivity index (χ3n) is 5.43. The lowest BCUT2D eigenvalue weighted by Gasteiger charge is -2.32. The van der Waals surface area contributed by atoms with Gasteiger partial charge in [-0.25, -0.2) is 0 Å². The van der Waals surface area contributed by atoms with Gasteiger partial charge in [0.15, 0.2) is 0 Å². The van der Waals surface area contributed by atoms with E-state index in [0.717, 1.165) is 19.5 Å². The third kappa shape index (κ3) is 1.88. The second kappa shape index (κ2) is 3.98. The topological polar surface area (TPSA) is 32.3 Å². The number of hydrogen-bond donors (Lipinski definition) is 1. The normalized spacial score (nSPS) is 31.0. The lowest BCUT2D eigenvalue weighted by Crippen LogP contribution is -2.47. The number of amides is 1. The highest BCUT2D eigenvalue weighted by Gasteiger charge is 2.68. The summed E-state index contributed by atoms with van der Waals surface area (Å²) in [5.74, 6) is 0.538. The number of carbonyl (C=O) groups is 1. The first-order valence-electron chi connectivity index (χ1n) is 6.77. The molecule has 1 N–H and O–H groups in total. The van der Waals surface area contributed by atoms with Gasteiger partial charge in [-0.15, -0.1) is 0 Å². The fraction of sp³-hybridized carbons (Fsp3) is 0.929. The van der Waals surface area contributed by atoms with E-state index in [1.54, 1.807) is 0 Å². The molecule has 1 aliphatic heterocycles. The molecular weight excluding hydrogens is 212 g/mol. The summed E-state index contributed by atoms with van der Waals surface area (Å²) in [5, 5.41) is 3.38. The maximum absolute atomic E-state index is 12.5. The maximum atomic E-state index is 12.5. The Bertz CT molecular complexity index is 302. The van der Waals surface area contributed by atoms with Crippen molar-refractivity contribution in [1.82, 2.24) is 10.2 Å². The molecule has 0 spiro atoms. The number of nitrogens with one attached hydrogen (secondary N) is 1. The van der Waals surface area contributed by atoms with Crippen LogP contribution in [0.1, 0.15) is 40.5 Å². The first-order chi connectivity index (χ1) is 7.80. The van der Waals surface area contributed by atoms with Crippen LogP contribution in [0.2, 0.25) is 0 Å². The first kappa shape index (κ1) is 12.9. The van der Waals surface area contributed by atoms with Crippen molar-refractivity contribution < 1.29 is 4.79 Å². The van der Waals surface area contributed by atoms with Crippen LogP contribution in [-0.4, -0.2) is 37.0 Å². The number of piperidine rings is 1. The summed E-state index contributed by atoms with van der Waals surface area (Å²) in [6.45, 7) is 10.9. The van der Waals surface area contributed by atoms with Gasteiger partial charge in [0.2, 0.25) is 5.91 Å². The van der Waals surface area contributed by atoms with Gasteiger partial charge in [-0.3, -0.25) is 4.79 Å². The lowest BCUT2D eigenvalue weighted by molar-refractivity contribution is -0.135. The molecule has 0 aromatic heterocycles. The lowest BCUT2D eigenvalue weighted by atomic mass is 10.0. The van der Waals surface area contributed by atoms with Gasteiger partial charge in [0.05, 0.1) is 0 Å². The van der Waals surface area contributed by atoms with Crippen LogP contribution in [0.5, 0.6) is 0 Å². The highest BCUT2D eigenvalue weighted by atomic mass is 16.2. The van der Waals surface area contributed by atoms with Crippen molar-refractivity contribution in [2.45, 2.75) is 46.6 Å². The number of carbonyl (C=O) groups excluding carboxylic acids is 1. The molecule has 3 nitrogen and oxygen atoms in total. The molecule has 0 bridgehead atoms. The zero-order chi connectivity index (χ0) is 12.8. The largest absolute Gasteiger partial charge is 0.341 e. The van der Waals surface area contributed by atoms with Crippen LogP contribution in [-0.2, 0) is 4.79 Å². The molecule has 2 rings (SSSR count). The number of rotatable bonds is 2. The van der Waals surface area contributed by atoms with Gasteiger partial charge in [-0.1, -0.05) is 27.7 Å². The van der Waals surface area contributed by atoms with Crippen LogP contribution in [0.3, 0.4) is 0 Å². The monoisotopic (exact) mass is 238 g/mol. The standard InChI is InChI=1S/C14H26N2O/c1-13(2)11(14(13,3)4)12(17)16(5)10-7-6-8-15-9-10/h10-11,15H,6-9H2,1-5H3. The molecule has 98 valence electrons. The Balaban J connectivity index is 2.01. The smallest absolute Gasteiger partial charge is 0.226 e. The Hall–Kier alpha value is -0.570. The van der Waals surface area contributed by atoms with Crippen LogP contribution in [0.4, 0.5) is 0 Å². The summed E-state index contributed by atoms with van der Waals surface area (Å²) in [6.07, 6.45) is 2.32. The van der Waals surface area contributed by atoms with Crippen LogP contribution in [0.15, 0.2) is 0 Å². The van der Waals surface area contributed by atoms with E-state index >= 15 is 0 Å². The van der Waals surface area contributed by atoms with Gasteiger partial charge in [0.25, 0.3) is 0 Å². The van der Waals surface area contributed by atoms with E-state index in [0.29, 0.717) is 11.9 Å². The molecule has 1 amide bonds. The van der Waals surface area contributed by atoms with Gasteiger partial charge in [0.1, 0.15) is 0 Å². The van der Waals surface area contributed by atoms with Crippen LogP contribution in [0.25, 0.3) is 0 Å². The molecule has 2 fully saturated rings. The van der Waals surface area contributed by atoms with Gasteiger partial charge in [-0.2, -0.15) is 0 Å². The van der Waals surface area contributed by atoms with Crippen molar-refractivity contribution in [2.75, 3.05) is 20.1 Å². The predicted molar refractivity (Wildman–Crippen MR) is 69.7 cm³/mol. The quantitative estimate of drug-likeness (QED) is 0.796. The number of nitrogens with zero attached hydrogens (tertiary/aromatic N) is 1. The van der Waals surface area contributed by atoms with E-state index < -0.39 is 0 Å². The molecule has 1 unspecified atom stereocenters. The Morgan fingerprint density at radius 3 is 2.24 bits per heavy atom. The van der Waals surface area contributed by atoms with E-state index in [9.17, 15) is 4.79 Å². The van der Waals surface area contributed by atoms with Crippen molar-refractivity contribution in [2.24, 2.45) is 16.7 Å². The summed E-state index contributed by atoms with van der Waals surface area (Å²) in [7, 11) is 1.98. The van der Waals surface area contributed by atoms with Crippen molar-refractivity contribution >= 4 is 5.91 Å². The molecule has 1 aliphatic carbocycles. The van der Waals surface area contributed by atoms with E-state index in [1.807, 2.05) is 11.9 Å². The van der Waals surface area contributed by atoms with Crippen molar-refractivity contribution in [3.05, 3.63) is 0 Å². The average Bonchev–Trinajstić information content (AvgIpc) is 2.69. The first-order valence-corrected chi connectivity index (χ1v) is 6.77. The predicted octanol–water partition coefficient (Wildman–Crippen LogP) is 1.88. The summed E-state index contributed by atoms with van der Waals surface area (Å²) in [5.41, 5.74) is 0.306. The van der Waals surface area contributed by atoms with E-state index in [4.69, 9.17) is 0 Å². The molecule has 17 heavy (non-hydrogen) atoms. The molecule has 0 radical (unpaired) electrons. The van der Waals surface area contributed by atoms with Gasteiger partial charge in [0, 0.05) is 25.6 Å². The van der Waals surface area contributed by atoms with E-state index in [2.05, 4.69) is 33.0 Å². The van der Waals surface area contributed by atoms with Gasteiger partial charge >= 0.3 is 0 Å². The molecule has 1 atom stereocenters. The minimum atomic E-state index is 0.153. The Morgan fingerprint density at radius 1 is 1.24 bits per heavy atom. The molecular formula is C14H26N2O. The van der Waals surface area contributed by atoms with Gasteiger partial charge in [-0.05, 0) is 30.2 Å². The van der Waals surface area contributed by atoms with Crippen LogP contribution < -0.4 is 5.32 Å². The summed E-state index contributed by atoms with van der Waals surface area (Å²) in [4.78, 5) is 14.5. The zero-order valence-electron chi connectivity index (χ0n) is 11.8. The molecule has 0 aromatic rings. The van der Waals surface area contributed by atoms with Crippen molar-refractivity contribution in [3.8, 4) is 0 Å². The molecule has 2 aliphatic rings. The average molecular weight is 238 g/mol. The molecule has 1 saturated heterocycles. The zero-order valence-corrected chi connectivity index (χ0v) is 11.8. The molecule has 3 heteroatoms. The Morgan fingerprint density at radius 2 is 1.82 bits per heavy atom. The SMILES string of the molecule is CN(C(=O)C1C(C)(C)C1(C)C)C1CCCNC1. The fourth-order valence-electron chi connectivity index (χ4n) is 3.36. The highest BCUT2D eigenvalue weighted by molar-refractivity contribution is 5.84. The highest BCUT2D eigenvalue weighted by Crippen LogP contribution is 2.68. The van der Waals surface area contributed by atoms with E-state index in [1.165, 1.54) is 6.42 Å². The summed E-state index contributed by atoms with van der Waals surface area (Å²) >= 11 is 0. The Labute approximate surface area is 105 Å². The second-order valence-electron chi connectivity index (χ2n) is 6.83. The maximum Gasteiger partial charge on any atom is 0.226 e. The molecule has 1 saturated carbocycles. The molecule has 0 aromatic carbocycles. The van der Waals surface area contributed by atoms with Crippen molar-refractivity contribution in [1.29, 1.82) is 0 Å². The number of hydrogen-bond acceptors (Lipinski definition) is 2. The molecule has 1 heterocycles. The Kier molecular flexibility index (Phi) is 3.01. The summed E-state index contributed by atoms with van der Waals surface area (Å²) < 4.78 is 0. The van der Waals surface area contributed by atoms with Crippen LogP contribution >= 0.6 is 0 Å². The minimum Gasteiger partial charge on any atom is -0.341 e. The fourth-order valence-corrected chi connectivity index (χ4v) is 3.36. The minimum absolute atomic E-state index is 0.153. The summed E-state index contributed by atoms with van der Waals surface area (Å²) in [6, 6.07) is 0.392. The third-order valence-corrected chi connectivity index (χ3v) is 5.43. The van der Waals surface area contributed by atoms with Crippen LogP contribution in [0, 0.1) is 16.7 Å². The number of likely N-dealkylation sites (N-methyl/N-ethyl adjacent to an activating group) is 1. The van der Waals surface area contributed by atoms with E-state index in [-0.39, 0.29) is 16.7 Å². The van der Waals surface area contributed by atoms with Crippen molar-refractivity contribution in [3.63, 3.8) is 0 Å². The second-order valence-corrected chi connectivity index (χ2v) is 6.83.